The third kappa shape index (κ3) is 8.55. The summed E-state index contributed by atoms with van der Waals surface area (Å²) < 4.78 is 48.3. The Morgan fingerprint density at radius 2 is 1.80 bits per heavy atom. The van der Waals surface area contributed by atoms with Crippen LogP contribution in [-0.4, -0.2) is 83.1 Å². The zero-order chi connectivity index (χ0) is 36.2. The molecule has 6 atom stereocenters. The van der Waals surface area contributed by atoms with Crippen molar-refractivity contribution in [1.29, 1.82) is 0 Å². The van der Waals surface area contributed by atoms with Crippen LogP contribution in [0.25, 0.3) is 0 Å². The highest BCUT2D eigenvalue weighted by molar-refractivity contribution is 7.90. The second-order valence-corrected chi connectivity index (χ2v) is 17.5. The highest BCUT2D eigenvalue weighted by Gasteiger charge is 2.51. The van der Waals surface area contributed by atoms with E-state index in [-0.39, 0.29) is 17.8 Å². The Bertz CT molecular complexity index is 1720. The van der Waals surface area contributed by atoms with E-state index < -0.39 is 26.8 Å². The van der Waals surface area contributed by atoms with Crippen molar-refractivity contribution in [3.8, 4) is 17.6 Å². The number of methoxy groups -OCH3 is 1. The minimum Gasteiger partial charge on any atom is -0.487 e. The molecule has 3 heterocycles. The molecule has 1 saturated heterocycles. The molecule has 278 valence electrons. The van der Waals surface area contributed by atoms with Gasteiger partial charge in [0.2, 0.25) is 10.0 Å². The van der Waals surface area contributed by atoms with Gasteiger partial charge in [-0.1, -0.05) is 43.4 Å². The van der Waals surface area contributed by atoms with Gasteiger partial charge in [-0.2, -0.15) is 0 Å². The predicted molar refractivity (Wildman–Crippen MR) is 202 cm³/mol. The normalized spacial score (nSPS) is 30.5. The van der Waals surface area contributed by atoms with Crippen molar-refractivity contribution in [3.05, 3.63) is 58.1 Å². The van der Waals surface area contributed by atoms with Gasteiger partial charge in [0.15, 0.2) is 0 Å². The number of nitrogens with one attached hydrogen (secondary N) is 1. The molecule has 1 amide bonds. The molecular weight excluding hydrogens is 686 g/mol. The van der Waals surface area contributed by atoms with Crippen LogP contribution in [0.15, 0.2) is 36.4 Å². The van der Waals surface area contributed by atoms with E-state index in [0.29, 0.717) is 41.8 Å². The highest BCUT2D eigenvalue weighted by atomic mass is 35.5. The predicted octanol–water partition coefficient (Wildman–Crippen LogP) is 6.32. The number of aryl methyl sites for hydroxylation is 1. The topological polar surface area (TPSA) is 97.4 Å². The number of rotatable bonds is 2. The summed E-state index contributed by atoms with van der Waals surface area (Å²) in [4.78, 5) is 18.3. The summed E-state index contributed by atoms with van der Waals surface area (Å²) in [6.07, 6.45) is 6.26. The van der Waals surface area contributed by atoms with Crippen molar-refractivity contribution in [3.63, 3.8) is 0 Å². The lowest BCUT2D eigenvalue weighted by atomic mass is 9.60. The Kier molecular flexibility index (Phi) is 12.2. The number of ether oxygens (including phenoxy) is 3. The molecule has 11 heteroatoms. The van der Waals surface area contributed by atoms with Gasteiger partial charge < -0.3 is 19.1 Å². The maximum atomic E-state index is 13.6. The van der Waals surface area contributed by atoms with Crippen LogP contribution >= 0.6 is 11.6 Å². The summed E-state index contributed by atoms with van der Waals surface area (Å²) in [7, 11) is -2.15. The smallest absolute Gasteiger partial charge is 0.264 e. The summed E-state index contributed by atoms with van der Waals surface area (Å²) in [5.74, 6) is 7.65. The fourth-order valence-electron chi connectivity index (χ4n) is 8.30. The molecule has 1 saturated carbocycles. The van der Waals surface area contributed by atoms with Crippen LogP contribution in [0, 0.1) is 35.5 Å². The molecule has 2 fully saturated rings. The molecule has 2 aromatic rings. The van der Waals surface area contributed by atoms with Gasteiger partial charge in [-0.05, 0) is 111 Å². The number of sulfonamides is 1. The lowest BCUT2D eigenvalue weighted by Crippen LogP contribution is -2.55. The Morgan fingerprint density at radius 3 is 2.55 bits per heavy atom. The number of carbonyl (C=O) groups is 1. The second-order valence-electron chi connectivity index (χ2n) is 15.1. The minimum absolute atomic E-state index is 0.0578. The third-order valence-corrected chi connectivity index (χ3v) is 14.1. The molecular formula is C40H54ClN3O6S. The van der Waals surface area contributed by atoms with Crippen LogP contribution in [0.5, 0.6) is 5.75 Å². The first-order valence-electron chi connectivity index (χ1n) is 18.7. The van der Waals surface area contributed by atoms with Crippen molar-refractivity contribution in [2.75, 3.05) is 57.9 Å². The van der Waals surface area contributed by atoms with Crippen molar-refractivity contribution in [1.82, 2.24) is 9.62 Å². The van der Waals surface area contributed by atoms with Crippen LogP contribution in [0.2, 0.25) is 5.02 Å². The average molecular weight is 740 g/mol. The zero-order valence-corrected chi connectivity index (χ0v) is 32.2. The van der Waals surface area contributed by atoms with E-state index in [2.05, 4.69) is 33.3 Å². The summed E-state index contributed by atoms with van der Waals surface area (Å²) in [5.41, 5.74) is 2.67. The van der Waals surface area contributed by atoms with Crippen molar-refractivity contribution < 1.29 is 27.4 Å². The molecule has 1 unspecified atom stereocenters. The minimum atomic E-state index is -3.95. The highest BCUT2D eigenvalue weighted by Crippen LogP contribution is 2.49. The summed E-state index contributed by atoms with van der Waals surface area (Å²) >= 11 is 6.39. The van der Waals surface area contributed by atoms with Gasteiger partial charge >= 0.3 is 0 Å². The largest absolute Gasteiger partial charge is 0.487 e. The first kappa shape index (κ1) is 37.9. The van der Waals surface area contributed by atoms with E-state index in [1.54, 1.807) is 20.1 Å². The lowest BCUT2D eigenvalue weighted by Gasteiger charge is -2.51. The number of halogens is 1. The van der Waals surface area contributed by atoms with E-state index in [4.69, 9.17) is 25.8 Å². The number of morpholine rings is 1. The molecule has 9 nitrogen and oxygen atoms in total. The second kappa shape index (κ2) is 16.5. The number of nitrogens with zero attached hydrogens (tertiary/aromatic N) is 2. The number of amides is 1. The van der Waals surface area contributed by atoms with E-state index in [1.165, 1.54) is 5.56 Å². The van der Waals surface area contributed by atoms with Gasteiger partial charge in [0.1, 0.15) is 18.0 Å². The van der Waals surface area contributed by atoms with Gasteiger partial charge in [0.25, 0.3) is 5.91 Å². The maximum Gasteiger partial charge on any atom is 0.264 e. The Morgan fingerprint density at radius 1 is 1.00 bits per heavy atom. The number of carbonyl (C=O) groups excluding carboxylic acids is 1. The van der Waals surface area contributed by atoms with Crippen LogP contribution in [-0.2, 0) is 32.5 Å². The summed E-state index contributed by atoms with van der Waals surface area (Å²) in [6, 6.07) is 11.2. The SMILES string of the molecule is CO[C@]1(C#CCN2CCOCC2)C(C)CC[C@H](C)[C@@H](C)S(=O)(=O)NC(=O)c2ccc3c(c2)N(CCCCc2cc(Cl)ccc2CO3)C[C@@H]2CC[C@H]21. The molecule has 1 aliphatic carbocycles. The lowest BCUT2D eigenvalue weighted by molar-refractivity contribution is -0.103. The van der Waals surface area contributed by atoms with E-state index in [1.807, 2.05) is 37.3 Å². The summed E-state index contributed by atoms with van der Waals surface area (Å²) in [5, 5.41) is -0.0556. The Hall–Kier alpha value is -2.81. The fourth-order valence-corrected chi connectivity index (χ4v) is 9.80. The van der Waals surface area contributed by atoms with Crippen LogP contribution in [0.3, 0.4) is 0 Å². The van der Waals surface area contributed by atoms with Crippen molar-refractivity contribution in [2.45, 2.75) is 83.2 Å². The molecule has 6 rings (SSSR count). The van der Waals surface area contributed by atoms with Gasteiger partial charge in [0, 0.05) is 49.8 Å². The standard InChI is InChI=1S/C40H54ClN3O6S/c1-28-9-10-29(2)40(48-4,17-7-18-43-20-22-49-23-21-43)36-15-12-33(36)26-44-19-6-5-8-31-24-35(41)14-11-34(31)27-50-38-16-13-32(25-37(38)44)39(45)42-51(46,47)30(28)3/h11,13-14,16,24-25,28-30,33,36H,5-6,8-10,12,15,18-23,26-27H2,1-4H3,(H,42,45)/t28-,29?,30+,33-,36+,40+/m0/s1. The van der Waals surface area contributed by atoms with Crippen LogP contribution in [0.4, 0.5) is 5.69 Å². The molecule has 2 aromatic carbocycles. The Balaban J connectivity index is 1.40. The van der Waals surface area contributed by atoms with Gasteiger partial charge in [-0.25, -0.2) is 13.1 Å². The summed E-state index contributed by atoms with van der Waals surface area (Å²) in [6.45, 7) is 11.6. The first-order valence-corrected chi connectivity index (χ1v) is 20.6. The third-order valence-electron chi connectivity index (χ3n) is 12.0. The number of benzene rings is 2. The van der Waals surface area contributed by atoms with Crippen LogP contribution in [0.1, 0.15) is 80.8 Å². The molecule has 0 aromatic heterocycles. The molecule has 3 aliphatic heterocycles. The van der Waals surface area contributed by atoms with E-state index in [0.717, 1.165) is 89.2 Å². The van der Waals surface area contributed by atoms with E-state index >= 15 is 0 Å². The molecule has 2 bridgehead atoms. The molecule has 0 spiro atoms. The number of hydrogen-bond donors (Lipinski definition) is 1. The van der Waals surface area contributed by atoms with Crippen molar-refractivity contribution >= 4 is 33.2 Å². The quantitative estimate of drug-likeness (QED) is 0.358. The van der Waals surface area contributed by atoms with E-state index in [9.17, 15) is 13.2 Å². The Labute approximate surface area is 309 Å². The average Bonchev–Trinajstić information content (AvgIpc) is 3.14. The molecule has 0 radical (unpaired) electrons. The van der Waals surface area contributed by atoms with Crippen LogP contribution < -0.4 is 14.4 Å². The molecule has 4 aliphatic rings. The number of fused-ring (bicyclic) bond motifs is 3. The zero-order valence-electron chi connectivity index (χ0n) is 30.6. The van der Waals surface area contributed by atoms with Gasteiger partial charge in [0.05, 0.1) is 30.7 Å². The monoisotopic (exact) mass is 739 g/mol. The maximum absolute atomic E-state index is 13.6. The first-order chi connectivity index (χ1) is 24.5. The fraction of sp³-hybridized carbons (Fsp3) is 0.625. The molecule has 51 heavy (non-hydrogen) atoms. The van der Waals surface area contributed by atoms with Gasteiger partial charge in [-0.3, -0.25) is 9.69 Å². The van der Waals surface area contributed by atoms with Crippen molar-refractivity contribution in [2.24, 2.45) is 23.7 Å². The number of anilines is 1. The number of hydrogen-bond acceptors (Lipinski definition) is 8. The van der Waals surface area contributed by atoms with Gasteiger partial charge in [-0.15, -0.1) is 0 Å². The molecule has 1 N–H and O–H groups in total.